The zero-order chi connectivity index (χ0) is 17.8. The highest BCUT2D eigenvalue weighted by Crippen LogP contribution is 2.26. The van der Waals surface area contributed by atoms with Crippen LogP contribution in [0.25, 0.3) is 0 Å². The molecule has 2 heterocycles. The summed E-state index contributed by atoms with van der Waals surface area (Å²) in [6.07, 6.45) is 2.81. The second kappa shape index (κ2) is 7.78. The van der Waals surface area contributed by atoms with Crippen LogP contribution in [-0.4, -0.2) is 34.7 Å². The minimum absolute atomic E-state index is 0.0386. The molecule has 1 aliphatic rings. The van der Waals surface area contributed by atoms with E-state index < -0.39 is 0 Å². The Morgan fingerprint density at radius 2 is 2.08 bits per heavy atom. The van der Waals surface area contributed by atoms with Crippen LogP contribution in [-0.2, 0) is 17.6 Å². The minimum atomic E-state index is -0.0896. The van der Waals surface area contributed by atoms with Gasteiger partial charge in [0.05, 0.1) is 5.69 Å². The molecule has 0 radical (unpaired) electrons. The SMILES string of the molecule is CCc1nc(N)sc1C(=O)N1CCC[C@@H](C(=O)Cc2ccccc2)C1. The summed E-state index contributed by atoms with van der Waals surface area (Å²) in [5.41, 5.74) is 7.55. The highest BCUT2D eigenvalue weighted by atomic mass is 32.1. The number of rotatable bonds is 5. The van der Waals surface area contributed by atoms with E-state index in [1.165, 1.54) is 11.3 Å². The summed E-state index contributed by atoms with van der Waals surface area (Å²) in [5, 5.41) is 0.425. The average molecular weight is 357 g/mol. The summed E-state index contributed by atoms with van der Waals surface area (Å²) in [6, 6.07) is 9.77. The summed E-state index contributed by atoms with van der Waals surface area (Å²) < 4.78 is 0. The average Bonchev–Trinajstić information content (AvgIpc) is 3.03. The Morgan fingerprint density at radius 1 is 1.32 bits per heavy atom. The van der Waals surface area contributed by atoms with Crippen LogP contribution in [0, 0.1) is 5.92 Å². The van der Waals surface area contributed by atoms with Crippen molar-refractivity contribution in [2.75, 3.05) is 18.8 Å². The van der Waals surface area contributed by atoms with Crippen LogP contribution < -0.4 is 5.73 Å². The van der Waals surface area contributed by atoms with E-state index in [1.807, 2.05) is 37.3 Å². The number of carbonyl (C=O) groups is 2. The van der Waals surface area contributed by atoms with Gasteiger partial charge in [-0.3, -0.25) is 9.59 Å². The molecular weight excluding hydrogens is 334 g/mol. The van der Waals surface area contributed by atoms with Crippen LogP contribution >= 0.6 is 11.3 Å². The van der Waals surface area contributed by atoms with Gasteiger partial charge < -0.3 is 10.6 Å². The number of amides is 1. The fraction of sp³-hybridized carbons (Fsp3) is 0.421. The van der Waals surface area contributed by atoms with Gasteiger partial charge in [-0.25, -0.2) is 4.98 Å². The molecule has 0 saturated carbocycles. The lowest BCUT2D eigenvalue weighted by Gasteiger charge is -2.32. The largest absolute Gasteiger partial charge is 0.375 e. The van der Waals surface area contributed by atoms with E-state index in [2.05, 4.69) is 4.98 Å². The molecule has 1 atom stereocenters. The topological polar surface area (TPSA) is 76.3 Å². The molecule has 0 unspecified atom stereocenters. The highest BCUT2D eigenvalue weighted by molar-refractivity contribution is 7.17. The maximum atomic E-state index is 12.8. The van der Waals surface area contributed by atoms with E-state index in [0.29, 0.717) is 35.9 Å². The molecule has 5 nitrogen and oxygen atoms in total. The third-order valence-corrected chi connectivity index (χ3v) is 5.54. The summed E-state index contributed by atoms with van der Waals surface area (Å²) >= 11 is 1.24. The zero-order valence-corrected chi connectivity index (χ0v) is 15.2. The number of aromatic nitrogens is 1. The lowest BCUT2D eigenvalue weighted by molar-refractivity contribution is -0.123. The lowest BCUT2D eigenvalue weighted by atomic mass is 9.90. The summed E-state index contributed by atoms with van der Waals surface area (Å²) in [4.78, 5) is 32.1. The smallest absolute Gasteiger partial charge is 0.265 e. The highest BCUT2D eigenvalue weighted by Gasteiger charge is 2.30. The molecule has 1 aromatic heterocycles. The predicted molar refractivity (Wildman–Crippen MR) is 99.7 cm³/mol. The number of Topliss-reactive ketones (excluding diaryl/α,β-unsaturated/α-hetero) is 1. The van der Waals surface area contributed by atoms with Crippen LogP contribution in [0.4, 0.5) is 5.13 Å². The fourth-order valence-corrected chi connectivity index (χ4v) is 4.18. The molecule has 2 aromatic rings. The zero-order valence-electron chi connectivity index (χ0n) is 14.4. The Kier molecular flexibility index (Phi) is 5.48. The van der Waals surface area contributed by atoms with Crippen molar-refractivity contribution in [2.45, 2.75) is 32.6 Å². The van der Waals surface area contributed by atoms with E-state index in [-0.39, 0.29) is 17.6 Å². The number of ketones is 1. The first kappa shape index (κ1) is 17.6. The molecule has 0 aliphatic carbocycles. The number of likely N-dealkylation sites (tertiary alicyclic amines) is 1. The van der Waals surface area contributed by atoms with E-state index in [0.717, 1.165) is 24.1 Å². The van der Waals surface area contributed by atoms with Crippen molar-refractivity contribution in [1.29, 1.82) is 0 Å². The second-order valence-corrected chi connectivity index (χ2v) is 7.43. The maximum absolute atomic E-state index is 12.8. The van der Waals surface area contributed by atoms with Crippen LogP contribution in [0.1, 0.15) is 40.7 Å². The Labute approximate surface area is 151 Å². The number of nitrogens with zero attached hydrogens (tertiary/aromatic N) is 2. The number of anilines is 1. The Hall–Kier alpha value is -2.21. The Balaban J connectivity index is 1.68. The van der Waals surface area contributed by atoms with Gasteiger partial charge in [0.25, 0.3) is 5.91 Å². The normalized spacial score (nSPS) is 17.5. The molecule has 0 spiro atoms. The first-order chi connectivity index (χ1) is 12.1. The van der Waals surface area contributed by atoms with Gasteiger partial charge in [-0.1, -0.05) is 48.6 Å². The van der Waals surface area contributed by atoms with Crippen molar-refractivity contribution in [3.8, 4) is 0 Å². The van der Waals surface area contributed by atoms with Crippen molar-refractivity contribution >= 4 is 28.2 Å². The van der Waals surface area contributed by atoms with E-state index in [9.17, 15) is 9.59 Å². The lowest BCUT2D eigenvalue weighted by Crippen LogP contribution is -2.42. The standard InChI is InChI=1S/C19H23N3O2S/c1-2-15-17(25-19(20)21-15)18(24)22-10-6-9-14(12-22)16(23)11-13-7-4-3-5-8-13/h3-5,7-8,14H,2,6,9-12H2,1H3,(H2,20,21)/t14-/m1/s1. The third kappa shape index (κ3) is 4.07. The molecule has 1 fully saturated rings. The quantitative estimate of drug-likeness (QED) is 0.892. The molecule has 1 aromatic carbocycles. The van der Waals surface area contributed by atoms with Crippen molar-refractivity contribution < 1.29 is 9.59 Å². The number of nitrogens with two attached hydrogens (primary N) is 1. The molecule has 132 valence electrons. The molecule has 3 rings (SSSR count). The predicted octanol–water partition coefficient (Wildman–Crippen LogP) is 2.95. The van der Waals surface area contributed by atoms with Gasteiger partial charge in [0.1, 0.15) is 10.7 Å². The number of aryl methyl sites for hydroxylation is 1. The van der Waals surface area contributed by atoms with Crippen LogP contribution in [0.5, 0.6) is 0 Å². The van der Waals surface area contributed by atoms with Crippen molar-refractivity contribution in [2.24, 2.45) is 5.92 Å². The number of benzene rings is 1. The van der Waals surface area contributed by atoms with Gasteiger partial charge in [-0.2, -0.15) is 0 Å². The molecule has 6 heteroatoms. The summed E-state index contributed by atoms with van der Waals surface area (Å²) in [7, 11) is 0. The molecule has 1 amide bonds. The summed E-state index contributed by atoms with van der Waals surface area (Å²) in [6.45, 7) is 3.15. The third-order valence-electron chi connectivity index (χ3n) is 4.63. The van der Waals surface area contributed by atoms with Crippen LogP contribution in [0.15, 0.2) is 30.3 Å². The van der Waals surface area contributed by atoms with E-state index in [4.69, 9.17) is 5.73 Å². The van der Waals surface area contributed by atoms with E-state index >= 15 is 0 Å². The van der Waals surface area contributed by atoms with E-state index in [1.54, 1.807) is 4.90 Å². The van der Waals surface area contributed by atoms with Gasteiger partial charge in [0.15, 0.2) is 5.13 Å². The monoisotopic (exact) mass is 357 g/mol. The molecule has 1 aliphatic heterocycles. The van der Waals surface area contributed by atoms with Crippen molar-refractivity contribution in [3.05, 3.63) is 46.5 Å². The van der Waals surface area contributed by atoms with Gasteiger partial charge >= 0.3 is 0 Å². The van der Waals surface area contributed by atoms with Crippen LogP contribution in [0.2, 0.25) is 0 Å². The van der Waals surface area contributed by atoms with Gasteiger partial charge in [-0.05, 0) is 24.8 Å². The molecule has 1 saturated heterocycles. The Bertz CT molecular complexity index is 757. The molecule has 2 N–H and O–H groups in total. The number of piperidine rings is 1. The number of nitrogen functional groups attached to an aromatic ring is 1. The van der Waals surface area contributed by atoms with Gasteiger partial charge in [-0.15, -0.1) is 0 Å². The van der Waals surface area contributed by atoms with Crippen molar-refractivity contribution in [3.63, 3.8) is 0 Å². The minimum Gasteiger partial charge on any atom is -0.375 e. The maximum Gasteiger partial charge on any atom is 0.265 e. The van der Waals surface area contributed by atoms with Gasteiger partial charge in [0.2, 0.25) is 0 Å². The molecule has 0 bridgehead atoms. The number of thiazole rings is 1. The van der Waals surface area contributed by atoms with Crippen molar-refractivity contribution in [1.82, 2.24) is 9.88 Å². The second-order valence-electron chi connectivity index (χ2n) is 6.40. The number of hydrogen-bond acceptors (Lipinski definition) is 5. The number of carbonyl (C=O) groups excluding carboxylic acids is 2. The Morgan fingerprint density at radius 3 is 2.80 bits per heavy atom. The number of hydrogen-bond donors (Lipinski definition) is 1. The van der Waals surface area contributed by atoms with Crippen LogP contribution in [0.3, 0.4) is 0 Å². The van der Waals surface area contributed by atoms with Gasteiger partial charge in [0, 0.05) is 25.4 Å². The molecule has 25 heavy (non-hydrogen) atoms. The first-order valence-electron chi connectivity index (χ1n) is 8.69. The summed E-state index contributed by atoms with van der Waals surface area (Å²) in [5.74, 6) is 0.0831. The molecular formula is C19H23N3O2S. The first-order valence-corrected chi connectivity index (χ1v) is 9.51. The fourth-order valence-electron chi connectivity index (χ4n) is 3.29.